The fraction of sp³-hybridized carbons (Fsp3) is 0.231. The van der Waals surface area contributed by atoms with Crippen LogP contribution in [0.4, 0.5) is 0 Å². The Morgan fingerprint density at radius 1 is 1.18 bits per heavy atom. The molecule has 9 heteroatoms. The molecule has 1 unspecified atom stereocenters. The molecule has 0 fully saturated rings. The Kier molecular flexibility index (Phi) is 3.72. The van der Waals surface area contributed by atoms with Gasteiger partial charge in [0.1, 0.15) is 23.2 Å². The minimum absolute atomic E-state index is 0.292. The van der Waals surface area contributed by atoms with Gasteiger partial charge in [0.2, 0.25) is 0 Å². The standard InChI is InChI=1S/C13H13N5O3S/c1-20-8-3-6-7(4-9(8)21-2)16-12(17-13(6)19)10(22)11-14-5-15-18-11/h3-5,10,22H,1-2H3,(H,14,15,18)(H,16,17,19). The van der Waals surface area contributed by atoms with Crippen LogP contribution < -0.4 is 15.0 Å². The van der Waals surface area contributed by atoms with Crippen molar-refractivity contribution in [2.24, 2.45) is 0 Å². The summed E-state index contributed by atoms with van der Waals surface area (Å²) in [6.45, 7) is 0. The average Bonchev–Trinajstić information content (AvgIpc) is 3.07. The normalized spacial score (nSPS) is 12.3. The summed E-state index contributed by atoms with van der Waals surface area (Å²) in [6.07, 6.45) is 1.37. The highest BCUT2D eigenvalue weighted by atomic mass is 32.1. The van der Waals surface area contributed by atoms with Gasteiger partial charge < -0.3 is 14.5 Å². The highest BCUT2D eigenvalue weighted by Crippen LogP contribution is 2.31. The Morgan fingerprint density at radius 3 is 2.55 bits per heavy atom. The third kappa shape index (κ3) is 2.39. The predicted octanol–water partition coefficient (Wildman–Crippen LogP) is 1.08. The van der Waals surface area contributed by atoms with Crippen molar-refractivity contribution in [1.82, 2.24) is 25.1 Å². The molecule has 2 heterocycles. The molecule has 1 aromatic carbocycles. The molecule has 8 nitrogen and oxygen atoms in total. The second kappa shape index (κ2) is 5.68. The molecule has 1 atom stereocenters. The first kappa shape index (κ1) is 14.4. The Labute approximate surface area is 130 Å². The molecule has 0 saturated carbocycles. The van der Waals surface area contributed by atoms with Crippen LogP contribution in [0.2, 0.25) is 0 Å². The lowest BCUT2D eigenvalue weighted by molar-refractivity contribution is 0.355. The number of ether oxygens (including phenoxy) is 2. The number of hydrogen-bond acceptors (Lipinski definition) is 7. The Hall–Kier alpha value is -2.55. The molecule has 0 aliphatic rings. The van der Waals surface area contributed by atoms with Gasteiger partial charge in [-0.1, -0.05) is 0 Å². The van der Waals surface area contributed by atoms with Crippen molar-refractivity contribution in [1.29, 1.82) is 0 Å². The SMILES string of the molecule is COc1cc2nc(C(S)c3ncn[nH]3)[nH]c(=O)c2cc1OC. The zero-order valence-electron chi connectivity index (χ0n) is 11.8. The van der Waals surface area contributed by atoms with Crippen molar-refractivity contribution < 1.29 is 9.47 Å². The first-order valence-corrected chi connectivity index (χ1v) is 6.85. The summed E-state index contributed by atoms with van der Waals surface area (Å²) in [7, 11) is 3.03. The van der Waals surface area contributed by atoms with Crippen LogP contribution in [0, 0.1) is 0 Å². The number of H-pyrrole nitrogens is 2. The molecule has 3 aromatic rings. The van der Waals surface area contributed by atoms with Gasteiger partial charge in [-0.15, -0.1) is 0 Å². The Morgan fingerprint density at radius 2 is 1.91 bits per heavy atom. The van der Waals surface area contributed by atoms with Gasteiger partial charge in [-0.3, -0.25) is 9.89 Å². The Balaban J connectivity index is 2.17. The van der Waals surface area contributed by atoms with Crippen molar-refractivity contribution in [2.45, 2.75) is 5.25 Å². The van der Waals surface area contributed by atoms with E-state index in [-0.39, 0.29) is 5.56 Å². The fourth-order valence-corrected chi connectivity index (χ4v) is 2.34. The van der Waals surface area contributed by atoms with Crippen LogP contribution in [0.25, 0.3) is 10.9 Å². The number of aromatic amines is 2. The van der Waals surface area contributed by atoms with Crippen LogP contribution in [0.5, 0.6) is 11.5 Å². The van der Waals surface area contributed by atoms with E-state index in [1.807, 2.05) is 0 Å². The molecule has 0 saturated heterocycles. The highest BCUT2D eigenvalue weighted by molar-refractivity contribution is 7.80. The van der Waals surface area contributed by atoms with E-state index >= 15 is 0 Å². The van der Waals surface area contributed by atoms with Gasteiger partial charge in [0.25, 0.3) is 5.56 Å². The van der Waals surface area contributed by atoms with Crippen molar-refractivity contribution in [2.75, 3.05) is 14.2 Å². The molecule has 0 bridgehead atoms. The smallest absolute Gasteiger partial charge is 0.258 e. The number of fused-ring (bicyclic) bond motifs is 1. The van der Waals surface area contributed by atoms with Crippen LogP contribution in [0.15, 0.2) is 23.3 Å². The molecule has 0 aliphatic heterocycles. The zero-order chi connectivity index (χ0) is 15.7. The van der Waals surface area contributed by atoms with Gasteiger partial charge in [-0.2, -0.15) is 17.7 Å². The van der Waals surface area contributed by atoms with Gasteiger partial charge in [-0.25, -0.2) is 9.97 Å². The number of benzene rings is 1. The average molecular weight is 319 g/mol. The van der Waals surface area contributed by atoms with Crippen LogP contribution in [0.3, 0.4) is 0 Å². The van der Waals surface area contributed by atoms with E-state index in [1.165, 1.54) is 20.5 Å². The summed E-state index contributed by atoms with van der Waals surface area (Å²) >= 11 is 4.41. The first-order valence-electron chi connectivity index (χ1n) is 6.33. The van der Waals surface area contributed by atoms with E-state index in [0.29, 0.717) is 34.1 Å². The second-order valence-corrected chi connectivity index (χ2v) is 4.97. The maximum absolute atomic E-state index is 12.3. The van der Waals surface area contributed by atoms with Crippen LogP contribution in [0.1, 0.15) is 16.9 Å². The molecule has 0 amide bonds. The monoisotopic (exact) mass is 319 g/mol. The maximum Gasteiger partial charge on any atom is 0.258 e. The quantitative estimate of drug-likeness (QED) is 0.621. The number of rotatable bonds is 4. The largest absolute Gasteiger partial charge is 0.493 e. The number of thiol groups is 1. The van der Waals surface area contributed by atoms with Crippen molar-refractivity contribution >= 4 is 23.5 Å². The summed E-state index contributed by atoms with van der Waals surface area (Å²) in [5.74, 6) is 1.82. The summed E-state index contributed by atoms with van der Waals surface area (Å²) in [6, 6.07) is 3.24. The van der Waals surface area contributed by atoms with Crippen LogP contribution in [-0.2, 0) is 0 Å². The lowest BCUT2D eigenvalue weighted by Crippen LogP contribution is -2.14. The second-order valence-electron chi connectivity index (χ2n) is 4.45. The number of methoxy groups -OCH3 is 2. The maximum atomic E-state index is 12.3. The molecule has 3 rings (SSSR count). The van der Waals surface area contributed by atoms with E-state index < -0.39 is 5.25 Å². The number of nitrogens with one attached hydrogen (secondary N) is 2. The molecule has 2 aromatic heterocycles. The van der Waals surface area contributed by atoms with Gasteiger partial charge in [-0.05, 0) is 6.07 Å². The molecular weight excluding hydrogens is 306 g/mol. The lowest BCUT2D eigenvalue weighted by Gasteiger charge is -2.11. The van der Waals surface area contributed by atoms with Crippen molar-refractivity contribution in [3.05, 3.63) is 40.5 Å². The van der Waals surface area contributed by atoms with E-state index in [4.69, 9.17) is 9.47 Å². The zero-order valence-corrected chi connectivity index (χ0v) is 12.7. The Bertz CT molecular complexity index is 862. The lowest BCUT2D eigenvalue weighted by atomic mass is 10.2. The van der Waals surface area contributed by atoms with E-state index in [0.717, 1.165) is 0 Å². The first-order chi connectivity index (χ1) is 10.6. The summed E-state index contributed by atoms with van der Waals surface area (Å²) < 4.78 is 10.4. The highest BCUT2D eigenvalue weighted by Gasteiger charge is 2.17. The summed E-state index contributed by atoms with van der Waals surface area (Å²) in [4.78, 5) is 23.4. The topological polar surface area (TPSA) is 106 Å². The number of nitrogens with zero attached hydrogens (tertiary/aromatic N) is 3. The number of hydrogen-bond donors (Lipinski definition) is 3. The van der Waals surface area contributed by atoms with Crippen molar-refractivity contribution in [3.8, 4) is 11.5 Å². The number of aromatic nitrogens is 5. The summed E-state index contributed by atoms with van der Waals surface area (Å²) in [5, 5.41) is 6.34. The molecule has 22 heavy (non-hydrogen) atoms. The molecule has 0 spiro atoms. The predicted molar refractivity (Wildman–Crippen MR) is 82.7 cm³/mol. The fourth-order valence-electron chi connectivity index (χ4n) is 2.09. The van der Waals surface area contributed by atoms with Gasteiger partial charge in [0.15, 0.2) is 11.5 Å². The third-order valence-corrected chi connectivity index (χ3v) is 3.67. The third-order valence-electron chi connectivity index (χ3n) is 3.18. The van der Waals surface area contributed by atoms with E-state index in [2.05, 4.69) is 37.8 Å². The molecule has 0 radical (unpaired) electrons. The van der Waals surface area contributed by atoms with Gasteiger partial charge in [0, 0.05) is 6.07 Å². The van der Waals surface area contributed by atoms with E-state index in [9.17, 15) is 4.79 Å². The molecular formula is C13H13N5O3S. The molecule has 114 valence electrons. The minimum atomic E-state index is -0.521. The summed E-state index contributed by atoms with van der Waals surface area (Å²) in [5.41, 5.74) is 0.189. The minimum Gasteiger partial charge on any atom is -0.493 e. The van der Waals surface area contributed by atoms with Gasteiger partial charge >= 0.3 is 0 Å². The molecule has 0 aliphatic carbocycles. The van der Waals surface area contributed by atoms with Crippen molar-refractivity contribution in [3.63, 3.8) is 0 Å². The van der Waals surface area contributed by atoms with Crippen LogP contribution >= 0.6 is 12.6 Å². The van der Waals surface area contributed by atoms with Gasteiger partial charge in [0.05, 0.1) is 25.1 Å². The van der Waals surface area contributed by atoms with E-state index in [1.54, 1.807) is 12.1 Å². The molecule has 2 N–H and O–H groups in total. The van der Waals surface area contributed by atoms with Crippen LogP contribution in [-0.4, -0.2) is 39.4 Å².